The van der Waals surface area contributed by atoms with Crippen molar-refractivity contribution >= 4 is 28.7 Å². The lowest BCUT2D eigenvalue weighted by Crippen LogP contribution is -2.43. The standard InChI is InChI=1S/C25H30ClNOS/c26-20-6-4-19(5-7-20)22-8-11-25(24(22)28)12-15-27(16-13-25)14-9-18-2-1-3-23-21(18)10-17-29-23/h4-7,10,17-18,22H,1-3,8-9,11-16H2. The Balaban J connectivity index is 1.17. The van der Waals surface area contributed by atoms with Gasteiger partial charge in [-0.2, -0.15) is 0 Å². The molecule has 1 aliphatic heterocycles. The highest BCUT2D eigenvalue weighted by atomic mass is 35.5. The van der Waals surface area contributed by atoms with Crippen LogP contribution in [0.3, 0.4) is 0 Å². The van der Waals surface area contributed by atoms with Crippen LogP contribution in [0.4, 0.5) is 0 Å². The number of rotatable bonds is 4. The summed E-state index contributed by atoms with van der Waals surface area (Å²) in [7, 11) is 0. The topological polar surface area (TPSA) is 20.3 Å². The Hall–Kier alpha value is -1.16. The van der Waals surface area contributed by atoms with Gasteiger partial charge in [-0.05, 0) is 112 Å². The number of halogens is 1. The summed E-state index contributed by atoms with van der Waals surface area (Å²) in [5.74, 6) is 1.33. The SMILES string of the molecule is O=C1C(c2ccc(Cl)cc2)CCC12CCN(CCC1CCCc3sccc31)CC2. The number of likely N-dealkylation sites (tertiary alicyclic amines) is 1. The highest BCUT2D eigenvalue weighted by Crippen LogP contribution is 2.49. The lowest BCUT2D eigenvalue weighted by molar-refractivity contribution is -0.129. The van der Waals surface area contributed by atoms with Crippen molar-refractivity contribution in [1.82, 2.24) is 4.90 Å². The van der Waals surface area contributed by atoms with Crippen LogP contribution >= 0.6 is 22.9 Å². The minimum atomic E-state index is -0.0633. The third-order valence-electron chi connectivity index (χ3n) is 7.81. The number of aryl methyl sites for hydroxylation is 1. The first-order valence-electron chi connectivity index (χ1n) is 11.2. The summed E-state index contributed by atoms with van der Waals surface area (Å²) < 4.78 is 0. The number of piperidine rings is 1. The number of hydrogen-bond donors (Lipinski definition) is 0. The molecule has 2 atom stereocenters. The number of hydrogen-bond acceptors (Lipinski definition) is 3. The van der Waals surface area contributed by atoms with E-state index in [0.29, 0.717) is 5.78 Å². The summed E-state index contributed by atoms with van der Waals surface area (Å²) in [5.41, 5.74) is 2.72. The van der Waals surface area contributed by atoms with Gasteiger partial charge in [0.05, 0.1) is 0 Å². The highest BCUT2D eigenvalue weighted by Gasteiger charge is 2.49. The van der Waals surface area contributed by atoms with Gasteiger partial charge in [0.15, 0.2) is 0 Å². The van der Waals surface area contributed by atoms with Crippen LogP contribution in [0.2, 0.25) is 5.02 Å². The van der Waals surface area contributed by atoms with Gasteiger partial charge in [0.1, 0.15) is 5.78 Å². The molecule has 0 amide bonds. The van der Waals surface area contributed by atoms with Crippen LogP contribution in [0.1, 0.15) is 72.8 Å². The number of nitrogens with zero attached hydrogens (tertiary/aromatic N) is 1. The molecule has 1 spiro atoms. The van der Waals surface area contributed by atoms with Crippen LogP contribution in [-0.4, -0.2) is 30.3 Å². The molecule has 0 N–H and O–H groups in total. The number of carbonyl (C=O) groups excluding carboxylic acids is 1. The first-order chi connectivity index (χ1) is 14.1. The van der Waals surface area contributed by atoms with E-state index < -0.39 is 0 Å². The summed E-state index contributed by atoms with van der Waals surface area (Å²) in [6.07, 6.45) is 9.42. The fourth-order valence-corrected chi connectivity index (χ4v) is 7.12. The zero-order valence-corrected chi connectivity index (χ0v) is 18.6. The second-order valence-electron chi connectivity index (χ2n) is 9.31. The van der Waals surface area contributed by atoms with Crippen LogP contribution in [0.25, 0.3) is 0 Å². The second-order valence-corrected chi connectivity index (χ2v) is 10.7. The molecular formula is C25H30ClNOS. The number of carbonyl (C=O) groups is 1. The van der Waals surface area contributed by atoms with Crippen molar-refractivity contribution in [1.29, 1.82) is 0 Å². The molecule has 2 heterocycles. The summed E-state index contributed by atoms with van der Waals surface area (Å²) in [6, 6.07) is 10.3. The van der Waals surface area contributed by atoms with Gasteiger partial charge in [-0.3, -0.25) is 4.79 Å². The predicted octanol–water partition coefficient (Wildman–Crippen LogP) is 6.44. The molecule has 4 heteroatoms. The number of fused-ring (bicyclic) bond motifs is 1. The maximum Gasteiger partial charge on any atom is 0.146 e. The Labute approximate surface area is 183 Å². The average molecular weight is 428 g/mol. The molecule has 2 nitrogen and oxygen atoms in total. The van der Waals surface area contributed by atoms with Crippen molar-refractivity contribution in [3.05, 3.63) is 56.7 Å². The zero-order valence-electron chi connectivity index (χ0n) is 17.0. The Morgan fingerprint density at radius 1 is 1.07 bits per heavy atom. The van der Waals surface area contributed by atoms with Crippen molar-refractivity contribution in [2.24, 2.45) is 5.41 Å². The van der Waals surface area contributed by atoms with E-state index >= 15 is 0 Å². The Morgan fingerprint density at radius 2 is 1.86 bits per heavy atom. The Bertz CT molecular complexity index is 865. The van der Waals surface area contributed by atoms with Gasteiger partial charge in [0.2, 0.25) is 0 Å². The smallest absolute Gasteiger partial charge is 0.146 e. The van der Waals surface area contributed by atoms with Crippen LogP contribution in [0, 0.1) is 5.41 Å². The van der Waals surface area contributed by atoms with Gasteiger partial charge >= 0.3 is 0 Å². The number of Topliss-reactive ketones (excluding diaryl/α,β-unsaturated/α-hetero) is 1. The van der Waals surface area contributed by atoms with Gasteiger partial charge < -0.3 is 4.90 Å². The molecule has 0 bridgehead atoms. The number of ketones is 1. The molecule has 29 heavy (non-hydrogen) atoms. The Morgan fingerprint density at radius 3 is 2.66 bits per heavy atom. The lowest BCUT2D eigenvalue weighted by atomic mass is 9.74. The third-order valence-corrected chi connectivity index (χ3v) is 9.05. The first-order valence-corrected chi connectivity index (χ1v) is 12.5. The molecule has 1 aromatic carbocycles. The molecule has 0 radical (unpaired) electrons. The van der Waals surface area contributed by atoms with E-state index in [-0.39, 0.29) is 11.3 Å². The minimum Gasteiger partial charge on any atom is -0.303 e. The molecule has 1 saturated carbocycles. The van der Waals surface area contributed by atoms with E-state index in [1.807, 2.05) is 35.6 Å². The van der Waals surface area contributed by atoms with Gasteiger partial charge in [-0.1, -0.05) is 23.7 Å². The summed E-state index contributed by atoms with van der Waals surface area (Å²) in [4.78, 5) is 17.6. The summed E-state index contributed by atoms with van der Waals surface area (Å²) in [6.45, 7) is 3.36. The van der Waals surface area contributed by atoms with Gasteiger partial charge in [-0.15, -0.1) is 11.3 Å². The first kappa shape index (κ1) is 19.8. The fourth-order valence-electron chi connectivity index (χ4n) is 5.98. The van der Waals surface area contributed by atoms with Gasteiger partial charge in [-0.25, -0.2) is 0 Å². The fraction of sp³-hybridized carbons (Fsp3) is 0.560. The van der Waals surface area contributed by atoms with E-state index in [1.54, 1.807) is 10.4 Å². The average Bonchev–Trinajstić information content (AvgIpc) is 3.35. The highest BCUT2D eigenvalue weighted by molar-refractivity contribution is 7.10. The molecule has 1 aromatic heterocycles. The summed E-state index contributed by atoms with van der Waals surface area (Å²) in [5, 5.41) is 3.02. The van der Waals surface area contributed by atoms with E-state index in [4.69, 9.17) is 11.6 Å². The normalized spacial score (nSPS) is 26.7. The molecule has 154 valence electrons. The van der Waals surface area contributed by atoms with Crippen LogP contribution in [-0.2, 0) is 11.2 Å². The largest absolute Gasteiger partial charge is 0.303 e. The lowest BCUT2D eigenvalue weighted by Gasteiger charge is -2.39. The van der Waals surface area contributed by atoms with E-state index in [1.165, 1.54) is 32.2 Å². The van der Waals surface area contributed by atoms with E-state index in [2.05, 4.69) is 16.3 Å². The van der Waals surface area contributed by atoms with E-state index in [0.717, 1.165) is 55.3 Å². The molecule has 2 unspecified atom stereocenters. The number of thiophene rings is 1. The molecule has 2 aliphatic carbocycles. The molecule has 1 saturated heterocycles. The summed E-state index contributed by atoms with van der Waals surface area (Å²) >= 11 is 7.97. The molecule has 5 rings (SSSR count). The molecule has 2 fully saturated rings. The van der Waals surface area contributed by atoms with Crippen molar-refractivity contribution in [3.8, 4) is 0 Å². The maximum atomic E-state index is 13.3. The Kier molecular flexibility index (Phi) is 5.57. The molecule has 3 aliphatic rings. The van der Waals surface area contributed by atoms with Gasteiger partial charge in [0, 0.05) is 21.2 Å². The monoisotopic (exact) mass is 427 g/mol. The maximum absolute atomic E-state index is 13.3. The number of benzene rings is 1. The van der Waals surface area contributed by atoms with E-state index in [9.17, 15) is 4.79 Å². The third kappa shape index (κ3) is 3.82. The van der Waals surface area contributed by atoms with Gasteiger partial charge in [0.25, 0.3) is 0 Å². The van der Waals surface area contributed by atoms with Crippen molar-refractivity contribution in [2.75, 3.05) is 19.6 Å². The van der Waals surface area contributed by atoms with Crippen LogP contribution < -0.4 is 0 Å². The predicted molar refractivity (Wildman–Crippen MR) is 121 cm³/mol. The zero-order chi connectivity index (χ0) is 19.8. The van der Waals surface area contributed by atoms with Crippen molar-refractivity contribution in [3.63, 3.8) is 0 Å². The second kappa shape index (κ2) is 8.17. The van der Waals surface area contributed by atoms with Crippen molar-refractivity contribution in [2.45, 2.75) is 63.2 Å². The van der Waals surface area contributed by atoms with Crippen LogP contribution in [0.5, 0.6) is 0 Å². The van der Waals surface area contributed by atoms with Crippen molar-refractivity contribution < 1.29 is 4.79 Å². The molecule has 2 aromatic rings. The quantitative estimate of drug-likeness (QED) is 0.559. The molecular weight excluding hydrogens is 398 g/mol. The minimum absolute atomic E-state index is 0.0633. The van der Waals surface area contributed by atoms with Crippen LogP contribution in [0.15, 0.2) is 35.7 Å².